The molecule has 4 rings (SSSR count). The maximum Gasteiger partial charge on any atom is 0.158 e. The van der Waals surface area contributed by atoms with Crippen LogP contribution >= 0.6 is 0 Å². The smallest absolute Gasteiger partial charge is 0.158 e. The minimum absolute atomic E-state index is 0.00691. The van der Waals surface area contributed by atoms with E-state index in [1.807, 2.05) is 31.2 Å². The molecule has 2 N–H and O–H groups in total. The first-order valence-corrected chi connectivity index (χ1v) is 8.87. The SMILES string of the molecule is COc1cc(C)ccc1-c1nnc(NC2CCC[C@@H]2O)c2cnccc12. The summed E-state index contributed by atoms with van der Waals surface area (Å²) in [5.41, 5.74) is 2.78. The highest BCUT2D eigenvalue weighted by molar-refractivity contribution is 6.00. The average molecular weight is 350 g/mol. The summed E-state index contributed by atoms with van der Waals surface area (Å²) in [5, 5.41) is 24.2. The molecule has 0 bridgehead atoms. The Morgan fingerprint density at radius 2 is 2.04 bits per heavy atom. The number of ether oxygens (including phenoxy) is 1. The van der Waals surface area contributed by atoms with Gasteiger partial charge in [-0.05, 0) is 49.9 Å². The second kappa shape index (κ2) is 6.88. The van der Waals surface area contributed by atoms with Crippen molar-refractivity contribution in [1.82, 2.24) is 15.2 Å². The Hall–Kier alpha value is -2.73. The zero-order valence-electron chi connectivity index (χ0n) is 14.9. The molecule has 6 nitrogen and oxygen atoms in total. The van der Waals surface area contributed by atoms with Crippen molar-refractivity contribution in [3.63, 3.8) is 0 Å². The van der Waals surface area contributed by atoms with Crippen LogP contribution in [0.5, 0.6) is 5.75 Å². The normalized spacial score (nSPS) is 19.7. The van der Waals surface area contributed by atoms with Crippen LogP contribution in [-0.4, -0.2) is 39.5 Å². The maximum atomic E-state index is 10.1. The summed E-state index contributed by atoms with van der Waals surface area (Å²) in [6.07, 6.45) is 5.96. The molecule has 1 saturated carbocycles. The van der Waals surface area contributed by atoms with E-state index in [9.17, 15) is 5.11 Å². The number of rotatable bonds is 4. The number of pyridine rings is 1. The molecular weight excluding hydrogens is 328 g/mol. The predicted molar refractivity (Wildman–Crippen MR) is 101 cm³/mol. The number of methoxy groups -OCH3 is 1. The van der Waals surface area contributed by atoms with Gasteiger partial charge in [0, 0.05) is 28.7 Å². The van der Waals surface area contributed by atoms with Gasteiger partial charge in [-0.25, -0.2) is 0 Å². The Bertz CT molecular complexity index is 944. The lowest BCUT2D eigenvalue weighted by Gasteiger charge is -2.18. The molecule has 134 valence electrons. The van der Waals surface area contributed by atoms with Crippen LogP contribution in [0.1, 0.15) is 24.8 Å². The second-order valence-electron chi connectivity index (χ2n) is 6.77. The molecule has 0 saturated heterocycles. The highest BCUT2D eigenvalue weighted by atomic mass is 16.5. The van der Waals surface area contributed by atoms with Gasteiger partial charge in [-0.15, -0.1) is 10.2 Å². The quantitative estimate of drug-likeness (QED) is 0.751. The Balaban J connectivity index is 1.82. The third-order valence-electron chi connectivity index (χ3n) is 5.00. The zero-order chi connectivity index (χ0) is 18.1. The van der Waals surface area contributed by atoms with Gasteiger partial charge in [0.1, 0.15) is 11.4 Å². The molecule has 2 atom stereocenters. The fourth-order valence-corrected chi connectivity index (χ4v) is 3.58. The van der Waals surface area contributed by atoms with E-state index in [1.165, 1.54) is 0 Å². The summed E-state index contributed by atoms with van der Waals surface area (Å²) in [6, 6.07) is 7.98. The number of aromatic nitrogens is 3. The number of aliphatic hydroxyl groups excluding tert-OH is 1. The van der Waals surface area contributed by atoms with Gasteiger partial charge in [0.25, 0.3) is 0 Å². The van der Waals surface area contributed by atoms with E-state index in [1.54, 1.807) is 19.5 Å². The van der Waals surface area contributed by atoms with Crippen molar-refractivity contribution in [1.29, 1.82) is 0 Å². The van der Waals surface area contributed by atoms with E-state index in [4.69, 9.17) is 4.74 Å². The van der Waals surface area contributed by atoms with Crippen molar-refractivity contribution >= 4 is 16.6 Å². The van der Waals surface area contributed by atoms with Crippen LogP contribution in [0.3, 0.4) is 0 Å². The summed E-state index contributed by atoms with van der Waals surface area (Å²) in [6.45, 7) is 2.03. The van der Waals surface area contributed by atoms with E-state index >= 15 is 0 Å². The molecule has 1 aliphatic rings. The van der Waals surface area contributed by atoms with Crippen molar-refractivity contribution in [2.75, 3.05) is 12.4 Å². The fraction of sp³-hybridized carbons (Fsp3) is 0.350. The molecule has 1 aliphatic carbocycles. The fourth-order valence-electron chi connectivity index (χ4n) is 3.58. The summed E-state index contributed by atoms with van der Waals surface area (Å²) < 4.78 is 5.55. The minimum Gasteiger partial charge on any atom is -0.496 e. The van der Waals surface area contributed by atoms with Gasteiger partial charge in [-0.2, -0.15) is 0 Å². The number of anilines is 1. The molecule has 2 aromatic heterocycles. The van der Waals surface area contributed by atoms with Gasteiger partial charge >= 0.3 is 0 Å². The van der Waals surface area contributed by atoms with E-state index in [0.29, 0.717) is 5.82 Å². The highest BCUT2D eigenvalue weighted by Crippen LogP contribution is 2.35. The Labute approximate surface area is 152 Å². The van der Waals surface area contributed by atoms with Gasteiger partial charge in [-0.1, -0.05) is 6.07 Å². The number of nitrogens with one attached hydrogen (secondary N) is 1. The van der Waals surface area contributed by atoms with Gasteiger partial charge < -0.3 is 15.2 Å². The molecule has 26 heavy (non-hydrogen) atoms. The Morgan fingerprint density at radius 1 is 1.15 bits per heavy atom. The topological polar surface area (TPSA) is 80.2 Å². The van der Waals surface area contributed by atoms with Crippen molar-refractivity contribution < 1.29 is 9.84 Å². The molecule has 1 fully saturated rings. The lowest BCUT2D eigenvalue weighted by atomic mass is 10.0. The third-order valence-corrected chi connectivity index (χ3v) is 5.00. The lowest BCUT2D eigenvalue weighted by Crippen LogP contribution is -2.28. The minimum atomic E-state index is -0.347. The standard InChI is InChI=1S/C20H22N4O2/c1-12-6-7-14(18(10-12)26-2)19-13-8-9-21-11-15(13)20(24-23-19)22-16-4-3-5-17(16)25/h6-11,16-17,25H,3-5H2,1-2H3,(H,22,24)/t16?,17-/m0/s1. The molecule has 1 aromatic carbocycles. The zero-order valence-corrected chi connectivity index (χ0v) is 14.9. The van der Waals surface area contributed by atoms with Gasteiger partial charge in [0.2, 0.25) is 0 Å². The Kier molecular flexibility index (Phi) is 4.42. The number of hydrogen-bond donors (Lipinski definition) is 2. The monoisotopic (exact) mass is 350 g/mol. The summed E-state index contributed by atoms with van der Waals surface area (Å²) in [4.78, 5) is 4.26. The maximum absolute atomic E-state index is 10.1. The molecule has 1 unspecified atom stereocenters. The van der Waals surface area contributed by atoms with Gasteiger partial charge in [0.05, 0.1) is 19.3 Å². The van der Waals surface area contributed by atoms with Crippen LogP contribution in [0.25, 0.3) is 22.0 Å². The van der Waals surface area contributed by atoms with Crippen molar-refractivity contribution in [2.45, 2.75) is 38.3 Å². The van der Waals surface area contributed by atoms with Crippen LogP contribution in [0, 0.1) is 6.92 Å². The van der Waals surface area contributed by atoms with Crippen molar-refractivity contribution in [3.05, 3.63) is 42.2 Å². The average Bonchev–Trinajstić information content (AvgIpc) is 3.07. The first-order valence-electron chi connectivity index (χ1n) is 8.87. The van der Waals surface area contributed by atoms with Crippen molar-refractivity contribution in [3.8, 4) is 17.0 Å². The Morgan fingerprint density at radius 3 is 2.81 bits per heavy atom. The number of nitrogens with zero attached hydrogens (tertiary/aromatic N) is 3. The van der Waals surface area contributed by atoms with Crippen LogP contribution in [0.15, 0.2) is 36.7 Å². The predicted octanol–water partition coefficient (Wildman–Crippen LogP) is 3.33. The van der Waals surface area contributed by atoms with Crippen LogP contribution in [0.2, 0.25) is 0 Å². The largest absolute Gasteiger partial charge is 0.496 e. The molecule has 6 heteroatoms. The molecule has 0 radical (unpaired) electrons. The first-order chi connectivity index (χ1) is 12.7. The van der Waals surface area contributed by atoms with Gasteiger partial charge in [0.15, 0.2) is 5.82 Å². The van der Waals surface area contributed by atoms with E-state index < -0.39 is 0 Å². The molecule has 0 spiro atoms. The van der Waals surface area contributed by atoms with Gasteiger partial charge in [-0.3, -0.25) is 4.98 Å². The third kappa shape index (κ3) is 2.97. The molecule has 3 aromatic rings. The number of hydrogen-bond acceptors (Lipinski definition) is 6. The van der Waals surface area contributed by atoms with Crippen molar-refractivity contribution in [2.24, 2.45) is 0 Å². The second-order valence-corrected chi connectivity index (χ2v) is 6.77. The first kappa shape index (κ1) is 16.7. The highest BCUT2D eigenvalue weighted by Gasteiger charge is 2.26. The van der Waals surface area contributed by atoms with Crippen LogP contribution in [-0.2, 0) is 0 Å². The number of aryl methyl sites for hydroxylation is 1. The molecule has 0 aliphatic heterocycles. The molecular formula is C20H22N4O2. The van der Waals surface area contributed by atoms with E-state index in [-0.39, 0.29) is 12.1 Å². The number of fused-ring (bicyclic) bond motifs is 1. The summed E-state index contributed by atoms with van der Waals surface area (Å²) >= 11 is 0. The van der Waals surface area contributed by atoms with E-state index in [0.717, 1.165) is 52.6 Å². The van der Waals surface area contributed by atoms with Crippen LogP contribution < -0.4 is 10.1 Å². The molecule has 2 heterocycles. The summed E-state index contributed by atoms with van der Waals surface area (Å²) in [7, 11) is 1.66. The molecule has 0 amide bonds. The van der Waals surface area contributed by atoms with Crippen LogP contribution in [0.4, 0.5) is 5.82 Å². The number of aliphatic hydroxyl groups is 1. The van der Waals surface area contributed by atoms with E-state index in [2.05, 4.69) is 20.5 Å². The number of benzene rings is 1. The lowest BCUT2D eigenvalue weighted by molar-refractivity contribution is 0.171. The summed E-state index contributed by atoms with van der Waals surface area (Å²) in [5.74, 6) is 1.43.